The maximum atomic E-state index is 12.4. The smallest absolute Gasteiger partial charge is 0.338 e. The van der Waals surface area contributed by atoms with Gasteiger partial charge in [0.05, 0.1) is 24.0 Å². The van der Waals surface area contributed by atoms with E-state index in [1.54, 1.807) is 30.3 Å². The third-order valence-corrected chi connectivity index (χ3v) is 6.14. The Morgan fingerprint density at radius 1 is 1.12 bits per heavy atom. The minimum atomic E-state index is -4.08. The largest absolute Gasteiger partial charge is 0.479 e. The summed E-state index contributed by atoms with van der Waals surface area (Å²) in [5.41, 5.74) is -1.09. The number of aliphatic hydroxyl groups is 1. The Morgan fingerprint density at radius 2 is 1.75 bits per heavy atom. The van der Waals surface area contributed by atoms with Crippen LogP contribution in [0.25, 0.3) is 0 Å². The molecule has 32 heavy (non-hydrogen) atoms. The molecule has 3 N–H and O–H groups in total. The fourth-order valence-corrected chi connectivity index (χ4v) is 4.16. The van der Waals surface area contributed by atoms with Gasteiger partial charge in [0.1, 0.15) is 0 Å². The number of aliphatic hydroxyl groups excluding tert-OH is 1. The number of carboxylic acid groups (broad SMARTS) is 1. The van der Waals surface area contributed by atoms with Crippen LogP contribution in [-0.4, -0.2) is 67.6 Å². The van der Waals surface area contributed by atoms with Gasteiger partial charge in [-0.2, -0.15) is 8.42 Å². The van der Waals surface area contributed by atoms with Gasteiger partial charge in [0.25, 0.3) is 10.1 Å². The number of carbonyl (C=O) groups is 3. The van der Waals surface area contributed by atoms with Gasteiger partial charge in [0, 0.05) is 18.9 Å². The topological polar surface area (TPSA) is 156 Å². The summed E-state index contributed by atoms with van der Waals surface area (Å²) in [6.45, 7) is 4.18. The van der Waals surface area contributed by atoms with E-state index in [1.165, 1.54) is 20.8 Å². The number of benzene rings is 1. The van der Waals surface area contributed by atoms with Gasteiger partial charge in [0.2, 0.25) is 5.91 Å². The summed E-state index contributed by atoms with van der Waals surface area (Å²) >= 11 is 0. The number of esters is 1. The van der Waals surface area contributed by atoms with Crippen LogP contribution in [0.2, 0.25) is 0 Å². The molecular weight excluding hydrogens is 442 g/mol. The maximum absolute atomic E-state index is 12.4. The normalized spacial score (nSPS) is 13.8. The van der Waals surface area contributed by atoms with Gasteiger partial charge < -0.3 is 20.3 Å². The van der Waals surface area contributed by atoms with E-state index in [0.717, 1.165) is 0 Å². The van der Waals surface area contributed by atoms with Gasteiger partial charge in [-0.1, -0.05) is 32.0 Å². The molecule has 0 radical (unpaired) electrons. The average Bonchev–Trinajstić information content (AvgIpc) is 2.72. The van der Waals surface area contributed by atoms with Gasteiger partial charge in [-0.3, -0.25) is 8.98 Å². The number of hydrogen-bond acceptors (Lipinski definition) is 8. The SMILES string of the molecule is CC(=O)NCCCS(=O)(=O)OC(CCCOC(=O)c1ccccc1)C(C)(C)[C@@H](O)C(=O)O. The fourth-order valence-electron chi connectivity index (χ4n) is 2.87. The van der Waals surface area contributed by atoms with E-state index in [2.05, 4.69) is 5.32 Å². The molecule has 180 valence electrons. The van der Waals surface area contributed by atoms with E-state index in [1.807, 2.05) is 0 Å². The van der Waals surface area contributed by atoms with E-state index in [4.69, 9.17) is 8.92 Å². The summed E-state index contributed by atoms with van der Waals surface area (Å²) in [6.07, 6.45) is -2.76. The molecule has 0 bridgehead atoms. The lowest BCUT2D eigenvalue weighted by Crippen LogP contribution is -2.47. The Kier molecular flexibility index (Phi) is 10.8. The molecule has 1 rings (SSSR count). The maximum Gasteiger partial charge on any atom is 0.338 e. The van der Waals surface area contributed by atoms with Crippen LogP contribution in [-0.2, 0) is 28.6 Å². The molecule has 0 spiro atoms. The third kappa shape index (κ3) is 9.33. The molecule has 1 amide bonds. The molecule has 0 fully saturated rings. The second-order valence-electron chi connectivity index (χ2n) is 7.89. The average molecular weight is 474 g/mol. The molecule has 11 heteroatoms. The van der Waals surface area contributed by atoms with Crippen LogP contribution in [0.15, 0.2) is 30.3 Å². The van der Waals surface area contributed by atoms with Gasteiger partial charge in [-0.05, 0) is 31.4 Å². The van der Waals surface area contributed by atoms with Crippen molar-refractivity contribution >= 4 is 28.0 Å². The Hall–Kier alpha value is -2.50. The molecule has 0 saturated carbocycles. The molecule has 0 aromatic heterocycles. The molecule has 0 aliphatic carbocycles. The first kappa shape index (κ1) is 27.5. The van der Waals surface area contributed by atoms with Crippen LogP contribution in [0.4, 0.5) is 0 Å². The van der Waals surface area contributed by atoms with Crippen LogP contribution in [0.1, 0.15) is 50.4 Å². The van der Waals surface area contributed by atoms with Crippen molar-refractivity contribution in [2.75, 3.05) is 18.9 Å². The van der Waals surface area contributed by atoms with E-state index >= 15 is 0 Å². The highest BCUT2D eigenvalue weighted by Gasteiger charge is 2.43. The van der Waals surface area contributed by atoms with Crippen LogP contribution < -0.4 is 5.32 Å². The van der Waals surface area contributed by atoms with Crippen molar-refractivity contribution in [1.82, 2.24) is 5.32 Å². The first-order chi connectivity index (χ1) is 14.9. The van der Waals surface area contributed by atoms with Crippen molar-refractivity contribution in [2.24, 2.45) is 5.41 Å². The number of ether oxygens (including phenoxy) is 1. The predicted molar refractivity (Wildman–Crippen MR) is 115 cm³/mol. The Labute approximate surface area is 188 Å². The standard InChI is InChI=1S/C21H31NO9S/c1-15(23)22-12-8-14-32(28,29)31-17(21(2,3)18(24)19(25)26)11-7-13-30-20(27)16-9-5-4-6-10-16/h4-6,9-10,17-18,24H,7-8,11-14H2,1-3H3,(H,22,23)(H,25,26)/t17?,18-/m0/s1. The molecule has 0 aliphatic heterocycles. The lowest BCUT2D eigenvalue weighted by Gasteiger charge is -2.35. The predicted octanol–water partition coefficient (Wildman–Crippen LogP) is 1.34. The summed E-state index contributed by atoms with van der Waals surface area (Å²) in [6, 6.07) is 8.31. The van der Waals surface area contributed by atoms with E-state index < -0.39 is 45.4 Å². The number of aliphatic carboxylic acids is 1. The number of nitrogens with one attached hydrogen (secondary N) is 1. The lowest BCUT2D eigenvalue weighted by molar-refractivity contribution is -0.158. The molecule has 10 nitrogen and oxygen atoms in total. The fraction of sp³-hybridized carbons (Fsp3) is 0.571. The number of amides is 1. The minimum Gasteiger partial charge on any atom is -0.479 e. The second kappa shape index (κ2) is 12.5. The zero-order valence-electron chi connectivity index (χ0n) is 18.4. The first-order valence-corrected chi connectivity index (χ1v) is 11.7. The Morgan fingerprint density at radius 3 is 2.31 bits per heavy atom. The monoisotopic (exact) mass is 473 g/mol. The molecule has 0 aliphatic rings. The van der Waals surface area contributed by atoms with Crippen molar-refractivity contribution in [1.29, 1.82) is 0 Å². The zero-order chi connectivity index (χ0) is 24.4. The molecule has 1 aromatic carbocycles. The Balaban J connectivity index is 2.77. The quantitative estimate of drug-likeness (QED) is 0.206. The highest BCUT2D eigenvalue weighted by molar-refractivity contribution is 7.86. The molecule has 2 atom stereocenters. The summed E-state index contributed by atoms with van der Waals surface area (Å²) in [5.74, 6) is -2.75. The number of rotatable bonds is 14. The zero-order valence-corrected chi connectivity index (χ0v) is 19.3. The van der Waals surface area contributed by atoms with Gasteiger partial charge in [0.15, 0.2) is 6.10 Å². The van der Waals surface area contributed by atoms with Crippen LogP contribution in [0.3, 0.4) is 0 Å². The number of carbonyl (C=O) groups excluding carboxylic acids is 2. The lowest BCUT2D eigenvalue weighted by atomic mass is 9.79. The first-order valence-electron chi connectivity index (χ1n) is 10.1. The van der Waals surface area contributed by atoms with Crippen LogP contribution in [0.5, 0.6) is 0 Å². The summed E-state index contributed by atoms with van der Waals surface area (Å²) < 4.78 is 35.2. The second-order valence-corrected chi connectivity index (χ2v) is 9.61. The number of carboxylic acids is 1. The molecule has 1 unspecified atom stereocenters. The van der Waals surface area contributed by atoms with Crippen LogP contribution >= 0.6 is 0 Å². The molecule has 1 aromatic rings. The van der Waals surface area contributed by atoms with E-state index in [9.17, 15) is 33.0 Å². The van der Waals surface area contributed by atoms with Crippen molar-refractivity contribution in [3.8, 4) is 0 Å². The van der Waals surface area contributed by atoms with Gasteiger partial charge in [-0.25, -0.2) is 9.59 Å². The van der Waals surface area contributed by atoms with Crippen molar-refractivity contribution < 1.29 is 41.9 Å². The van der Waals surface area contributed by atoms with Crippen molar-refractivity contribution in [3.05, 3.63) is 35.9 Å². The Bertz CT molecular complexity index is 869. The van der Waals surface area contributed by atoms with Gasteiger partial charge in [-0.15, -0.1) is 0 Å². The minimum absolute atomic E-state index is 0.0182. The summed E-state index contributed by atoms with van der Waals surface area (Å²) in [5, 5.41) is 21.8. The van der Waals surface area contributed by atoms with E-state index in [-0.39, 0.29) is 38.3 Å². The summed E-state index contributed by atoms with van der Waals surface area (Å²) in [4.78, 5) is 34.2. The van der Waals surface area contributed by atoms with Crippen molar-refractivity contribution in [3.63, 3.8) is 0 Å². The molecule has 0 heterocycles. The highest BCUT2D eigenvalue weighted by Crippen LogP contribution is 2.32. The molecular formula is C21H31NO9S. The van der Waals surface area contributed by atoms with Crippen LogP contribution in [0, 0.1) is 5.41 Å². The highest BCUT2D eigenvalue weighted by atomic mass is 32.2. The van der Waals surface area contributed by atoms with Gasteiger partial charge >= 0.3 is 11.9 Å². The summed E-state index contributed by atoms with van der Waals surface area (Å²) in [7, 11) is -4.08. The number of hydrogen-bond donors (Lipinski definition) is 3. The third-order valence-electron chi connectivity index (χ3n) is 4.83. The van der Waals surface area contributed by atoms with Crippen molar-refractivity contribution in [2.45, 2.75) is 52.2 Å². The molecule has 0 saturated heterocycles. The van der Waals surface area contributed by atoms with E-state index in [0.29, 0.717) is 5.56 Å².